The van der Waals surface area contributed by atoms with Gasteiger partial charge in [-0.15, -0.1) is 10.2 Å². The average Bonchev–Trinajstić information content (AvgIpc) is 3.33. The second kappa shape index (κ2) is 9.65. The third kappa shape index (κ3) is 5.04. The van der Waals surface area contributed by atoms with E-state index in [1.165, 1.54) is 0 Å². The first-order valence-electron chi connectivity index (χ1n) is 13.1. The summed E-state index contributed by atoms with van der Waals surface area (Å²) < 4.78 is 12.6. The zero-order chi connectivity index (χ0) is 27.3. The number of nitrogens with zero attached hydrogens (tertiary/aromatic N) is 4. The van der Waals surface area contributed by atoms with E-state index in [0.29, 0.717) is 19.0 Å². The molecule has 2 bridgehead atoms. The molecule has 2 saturated heterocycles. The highest BCUT2D eigenvalue weighted by Gasteiger charge is 2.64. The molecule has 1 saturated carbocycles. The number of carbonyl (C=O) groups excluding carboxylic acids is 1. The molecule has 1 spiro atoms. The lowest BCUT2D eigenvalue weighted by Gasteiger charge is -2.38. The molecule has 206 valence electrons. The summed E-state index contributed by atoms with van der Waals surface area (Å²) in [5.74, 6) is 0.566. The summed E-state index contributed by atoms with van der Waals surface area (Å²) >= 11 is 0. The smallest absolute Gasteiger partial charge is 0.404 e. The Labute approximate surface area is 223 Å². The minimum absolute atomic E-state index is 0.00760. The predicted octanol–water partition coefficient (Wildman–Crippen LogP) is 4.86. The summed E-state index contributed by atoms with van der Waals surface area (Å²) in [6, 6.07) is 9.24. The van der Waals surface area contributed by atoms with E-state index in [1.807, 2.05) is 30.3 Å². The van der Waals surface area contributed by atoms with Crippen LogP contribution in [0.25, 0.3) is 0 Å². The Morgan fingerprint density at radius 2 is 1.97 bits per heavy atom. The van der Waals surface area contributed by atoms with Crippen LogP contribution in [0, 0.1) is 5.41 Å². The summed E-state index contributed by atoms with van der Waals surface area (Å²) in [4.78, 5) is 32.5. The topological polar surface area (TPSA) is 130 Å². The number of fused-ring (bicyclic) bond motifs is 3. The predicted molar refractivity (Wildman–Crippen MR) is 139 cm³/mol. The number of amides is 3. The van der Waals surface area contributed by atoms with E-state index < -0.39 is 20.5 Å². The number of urea groups is 1. The van der Waals surface area contributed by atoms with Gasteiger partial charge in [-0.1, -0.05) is 51.1 Å². The number of carbonyl (C=O) groups is 2. The molecule has 12 heteroatoms. The van der Waals surface area contributed by atoms with Gasteiger partial charge in [0, 0.05) is 6.54 Å². The van der Waals surface area contributed by atoms with Crippen LogP contribution in [0.15, 0.2) is 34.7 Å². The molecule has 5 rings (SSSR count). The van der Waals surface area contributed by atoms with Crippen molar-refractivity contribution in [1.82, 2.24) is 25.5 Å². The monoisotopic (exact) mass is 543 g/mol. The molecule has 11 nitrogen and oxygen atoms in total. The molecule has 3 amide bonds. The molecule has 38 heavy (non-hydrogen) atoms. The number of carboxylic acid groups (broad SMARTS) is 1. The van der Waals surface area contributed by atoms with Gasteiger partial charge in [0.25, 0.3) is 0 Å². The van der Waals surface area contributed by atoms with Gasteiger partial charge in [0.1, 0.15) is 18.8 Å². The molecule has 1 unspecified atom stereocenters. The van der Waals surface area contributed by atoms with Gasteiger partial charge >= 0.3 is 12.1 Å². The highest BCUT2D eigenvalue weighted by Crippen LogP contribution is 2.61. The summed E-state index contributed by atoms with van der Waals surface area (Å²) in [7, 11) is -2.29. The van der Waals surface area contributed by atoms with Crippen LogP contribution < -0.4 is 5.32 Å². The van der Waals surface area contributed by atoms with Crippen LogP contribution >= 0.6 is 0 Å². The summed E-state index contributed by atoms with van der Waals surface area (Å²) in [5, 5.41) is 21.7. The van der Waals surface area contributed by atoms with Gasteiger partial charge in [0.2, 0.25) is 11.8 Å². The van der Waals surface area contributed by atoms with Gasteiger partial charge in [0.15, 0.2) is 8.32 Å². The molecule has 3 heterocycles. The number of aromatic nitrogens is 2. The zero-order valence-corrected chi connectivity index (χ0v) is 23.6. The highest BCUT2D eigenvalue weighted by molar-refractivity contribution is 6.74. The van der Waals surface area contributed by atoms with E-state index in [4.69, 9.17) is 13.7 Å². The lowest BCUT2D eigenvalue weighted by atomic mass is 9.85. The van der Waals surface area contributed by atoms with Gasteiger partial charge in [-0.2, -0.15) is 5.06 Å². The van der Waals surface area contributed by atoms with E-state index in [1.54, 1.807) is 9.96 Å². The minimum atomic E-state index is -2.29. The number of hydrogen-bond acceptors (Lipinski definition) is 7. The molecule has 3 atom stereocenters. The molecule has 3 aliphatic rings. The SMILES string of the molecule is CC(C)(C)[Si](C)(C)OC(CNC(=O)O)c1nnc([C@@H]2CC3(CC3)[C@@H]3CN2C(=O)N3OCc2ccccc2)o1. The fourth-order valence-corrected chi connectivity index (χ4v) is 6.37. The third-order valence-corrected chi connectivity index (χ3v) is 13.1. The number of rotatable bonds is 9. The first-order chi connectivity index (χ1) is 17.9. The Morgan fingerprint density at radius 1 is 1.26 bits per heavy atom. The van der Waals surface area contributed by atoms with Crippen molar-refractivity contribution >= 4 is 20.4 Å². The van der Waals surface area contributed by atoms with Crippen molar-refractivity contribution < 1.29 is 28.4 Å². The van der Waals surface area contributed by atoms with Crippen molar-refractivity contribution in [3.63, 3.8) is 0 Å². The van der Waals surface area contributed by atoms with E-state index in [0.717, 1.165) is 24.8 Å². The van der Waals surface area contributed by atoms with Crippen LogP contribution in [0.1, 0.15) is 69.5 Å². The molecule has 3 fully saturated rings. The normalized spacial score (nSPS) is 23.1. The standard InChI is InChI=1S/C26H37N5O6Si/c1-25(2,3)38(4,5)37-19(14-27-23(32)33)22-29-28-21(36-22)18-13-26(11-12-26)20-15-30(18)24(34)31(20)35-16-17-9-7-6-8-10-17/h6-10,18-20,27H,11-16H2,1-5H3,(H,32,33)/t18-,19?,20-/m0/s1. The molecular weight excluding hydrogens is 506 g/mol. The Bertz CT molecular complexity index is 1180. The second-order valence-electron chi connectivity index (χ2n) is 12.1. The van der Waals surface area contributed by atoms with E-state index in [9.17, 15) is 14.7 Å². The first kappa shape index (κ1) is 26.6. The first-order valence-corrected chi connectivity index (χ1v) is 16.1. The molecule has 2 aliphatic heterocycles. The zero-order valence-electron chi connectivity index (χ0n) is 22.6. The van der Waals surface area contributed by atoms with Crippen molar-refractivity contribution in [1.29, 1.82) is 0 Å². The average molecular weight is 544 g/mol. The van der Waals surface area contributed by atoms with Crippen molar-refractivity contribution in [2.24, 2.45) is 5.41 Å². The maximum atomic E-state index is 13.5. The van der Waals surface area contributed by atoms with Gasteiger partial charge in [-0.05, 0) is 48.4 Å². The minimum Gasteiger partial charge on any atom is -0.465 e. The lowest BCUT2D eigenvalue weighted by molar-refractivity contribution is -0.153. The number of hydroxylamine groups is 2. The van der Waals surface area contributed by atoms with Crippen LogP contribution in [0.3, 0.4) is 0 Å². The fraction of sp³-hybridized carbons (Fsp3) is 0.615. The molecule has 1 aromatic heterocycles. The summed E-state index contributed by atoms with van der Waals surface area (Å²) in [6.07, 6.45) is 0.875. The van der Waals surface area contributed by atoms with Crippen molar-refractivity contribution in [2.45, 2.75) is 83.0 Å². The van der Waals surface area contributed by atoms with Crippen molar-refractivity contribution in [3.05, 3.63) is 47.7 Å². The van der Waals surface area contributed by atoms with Crippen LogP contribution in [0.2, 0.25) is 18.1 Å². The summed E-state index contributed by atoms with van der Waals surface area (Å²) in [6.45, 7) is 11.4. The van der Waals surface area contributed by atoms with Gasteiger partial charge in [-0.3, -0.25) is 4.84 Å². The maximum absolute atomic E-state index is 13.5. The number of hydrogen-bond donors (Lipinski definition) is 2. The lowest BCUT2D eigenvalue weighted by Crippen LogP contribution is -2.44. The fourth-order valence-electron chi connectivity index (χ4n) is 5.12. The van der Waals surface area contributed by atoms with Crippen molar-refractivity contribution in [2.75, 3.05) is 13.1 Å². The molecule has 2 aromatic rings. The van der Waals surface area contributed by atoms with Gasteiger partial charge < -0.3 is 24.2 Å². The molecule has 1 aliphatic carbocycles. The Kier molecular flexibility index (Phi) is 6.77. The summed E-state index contributed by atoms with van der Waals surface area (Å²) in [5.41, 5.74) is 0.975. The Balaban J connectivity index is 1.35. The van der Waals surface area contributed by atoms with E-state index >= 15 is 0 Å². The van der Waals surface area contributed by atoms with Gasteiger partial charge in [0.05, 0.1) is 12.6 Å². The van der Waals surface area contributed by atoms with Gasteiger partial charge in [-0.25, -0.2) is 9.59 Å². The quantitative estimate of drug-likeness (QED) is 0.429. The van der Waals surface area contributed by atoms with E-state index in [-0.39, 0.29) is 41.0 Å². The highest BCUT2D eigenvalue weighted by atomic mass is 28.4. The van der Waals surface area contributed by atoms with Crippen molar-refractivity contribution in [3.8, 4) is 0 Å². The van der Waals surface area contributed by atoms with Crippen LogP contribution in [-0.4, -0.2) is 64.8 Å². The third-order valence-electron chi connectivity index (χ3n) is 8.57. The Hall–Kier alpha value is -2.96. The molecule has 2 N–H and O–H groups in total. The number of benzene rings is 1. The maximum Gasteiger partial charge on any atom is 0.404 e. The molecule has 0 radical (unpaired) electrons. The van der Waals surface area contributed by atoms with Crippen LogP contribution in [0.5, 0.6) is 0 Å². The molecular formula is C26H37N5O6Si. The van der Waals surface area contributed by atoms with Crippen LogP contribution in [0.4, 0.5) is 9.59 Å². The largest absolute Gasteiger partial charge is 0.465 e. The number of nitrogens with one attached hydrogen (secondary N) is 1. The second-order valence-corrected chi connectivity index (χ2v) is 16.9. The molecule has 1 aromatic carbocycles. The van der Waals surface area contributed by atoms with E-state index in [2.05, 4.69) is 49.4 Å². The van der Waals surface area contributed by atoms with Crippen LogP contribution in [-0.2, 0) is 15.9 Å². The Morgan fingerprint density at radius 3 is 2.61 bits per heavy atom. The number of piperidine rings is 1.